The highest BCUT2D eigenvalue weighted by atomic mass is 35.5. The zero-order valence-electron chi connectivity index (χ0n) is 11.6. The zero-order valence-corrected chi connectivity index (χ0v) is 12.4. The minimum atomic E-state index is -0.523. The molecular weight excluding hydrogens is 294 g/mol. The fourth-order valence-electron chi connectivity index (χ4n) is 2.83. The largest absolute Gasteiger partial charge is 0.366 e. The van der Waals surface area contributed by atoms with E-state index in [9.17, 15) is 4.79 Å². The quantitative estimate of drug-likeness (QED) is 0.913. The Kier molecular flexibility index (Phi) is 4.28. The Labute approximate surface area is 128 Å². The number of piperidine rings is 1. The van der Waals surface area contributed by atoms with E-state index in [0.29, 0.717) is 35.5 Å². The maximum Gasteiger partial charge on any atom is 0.250 e. The Morgan fingerprint density at radius 3 is 2.57 bits per heavy atom. The highest BCUT2D eigenvalue weighted by Gasteiger charge is 2.31. The molecule has 0 radical (unpaired) electrons. The van der Waals surface area contributed by atoms with Crippen LogP contribution < -0.4 is 10.6 Å². The van der Waals surface area contributed by atoms with Crippen molar-refractivity contribution in [3.8, 4) is 0 Å². The van der Waals surface area contributed by atoms with Crippen LogP contribution >= 0.6 is 11.6 Å². The van der Waals surface area contributed by atoms with E-state index in [4.69, 9.17) is 26.8 Å². The first-order chi connectivity index (χ1) is 10.1. The Morgan fingerprint density at radius 1 is 1.33 bits per heavy atom. The third-order valence-electron chi connectivity index (χ3n) is 3.98. The fourth-order valence-corrected chi connectivity index (χ4v) is 3.12. The summed E-state index contributed by atoms with van der Waals surface area (Å²) in [4.78, 5) is 17.5. The number of nitrogens with zero attached hydrogens (tertiary/aromatic N) is 2. The third-order valence-corrected chi connectivity index (χ3v) is 4.26. The van der Waals surface area contributed by atoms with Gasteiger partial charge in [0.2, 0.25) is 5.91 Å². The number of ether oxygens (including phenoxy) is 2. The predicted molar refractivity (Wildman–Crippen MR) is 78.4 cm³/mol. The van der Waals surface area contributed by atoms with Crippen LogP contribution in [0.15, 0.2) is 12.3 Å². The van der Waals surface area contributed by atoms with Crippen LogP contribution in [-0.4, -0.2) is 43.5 Å². The van der Waals surface area contributed by atoms with Crippen molar-refractivity contribution < 1.29 is 14.3 Å². The summed E-state index contributed by atoms with van der Waals surface area (Å²) in [5.74, 6) is 0.603. The van der Waals surface area contributed by atoms with Crippen LogP contribution in [0, 0.1) is 5.92 Å². The van der Waals surface area contributed by atoms with Gasteiger partial charge in [-0.15, -0.1) is 0 Å². The van der Waals surface area contributed by atoms with Gasteiger partial charge >= 0.3 is 0 Å². The lowest BCUT2D eigenvalue weighted by atomic mass is 9.96. The van der Waals surface area contributed by atoms with E-state index in [0.717, 1.165) is 25.9 Å². The monoisotopic (exact) mass is 311 g/mol. The standard InChI is InChI=1S/C14H18ClN3O3/c15-11-7-10(12(16)19)8-17-13(11)18-3-1-9(2-4-18)14-20-5-6-21-14/h7-9,14H,1-6H2,(H2,16,19). The minimum Gasteiger partial charge on any atom is -0.366 e. The summed E-state index contributed by atoms with van der Waals surface area (Å²) in [5.41, 5.74) is 5.55. The van der Waals surface area contributed by atoms with Crippen molar-refractivity contribution in [2.75, 3.05) is 31.2 Å². The number of carbonyl (C=O) groups is 1. The van der Waals surface area contributed by atoms with Gasteiger partial charge in [-0.2, -0.15) is 0 Å². The second-order valence-corrected chi connectivity index (χ2v) is 5.74. The third kappa shape index (κ3) is 3.12. The Hall–Kier alpha value is -1.37. The van der Waals surface area contributed by atoms with Crippen molar-refractivity contribution >= 4 is 23.3 Å². The number of amides is 1. The molecule has 2 saturated heterocycles. The molecule has 21 heavy (non-hydrogen) atoms. The van der Waals surface area contributed by atoms with Crippen LogP contribution in [0.25, 0.3) is 0 Å². The number of halogens is 1. The molecule has 3 heterocycles. The lowest BCUT2D eigenvalue weighted by Crippen LogP contribution is -2.38. The Morgan fingerprint density at radius 2 is 2.00 bits per heavy atom. The summed E-state index contributed by atoms with van der Waals surface area (Å²) in [7, 11) is 0. The van der Waals surface area contributed by atoms with Crippen LogP contribution in [0.5, 0.6) is 0 Å². The van der Waals surface area contributed by atoms with Crippen molar-refractivity contribution in [2.45, 2.75) is 19.1 Å². The van der Waals surface area contributed by atoms with E-state index < -0.39 is 5.91 Å². The Bertz CT molecular complexity index is 526. The molecule has 2 fully saturated rings. The highest BCUT2D eigenvalue weighted by Crippen LogP contribution is 2.31. The molecule has 1 amide bonds. The maximum atomic E-state index is 11.1. The van der Waals surface area contributed by atoms with Crippen LogP contribution in [0.1, 0.15) is 23.2 Å². The van der Waals surface area contributed by atoms with Crippen molar-refractivity contribution in [3.05, 3.63) is 22.8 Å². The van der Waals surface area contributed by atoms with E-state index in [1.165, 1.54) is 6.20 Å². The second-order valence-electron chi connectivity index (χ2n) is 5.33. The van der Waals surface area contributed by atoms with Gasteiger partial charge in [0.15, 0.2) is 6.29 Å². The SMILES string of the molecule is NC(=O)c1cnc(N2CCC(C3OCCO3)CC2)c(Cl)c1. The summed E-state index contributed by atoms with van der Waals surface area (Å²) >= 11 is 6.21. The molecule has 114 valence electrons. The van der Waals surface area contributed by atoms with Crippen LogP contribution in [-0.2, 0) is 9.47 Å². The Balaban J connectivity index is 1.65. The van der Waals surface area contributed by atoms with Gasteiger partial charge in [0.05, 0.1) is 23.8 Å². The number of rotatable bonds is 3. The molecule has 6 nitrogen and oxygen atoms in total. The predicted octanol–water partition coefficient (Wildman–Crippen LogP) is 1.42. The number of aromatic nitrogens is 1. The number of primary amides is 1. The van der Waals surface area contributed by atoms with Gasteiger partial charge in [0.1, 0.15) is 5.82 Å². The number of hydrogen-bond donors (Lipinski definition) is 1. The first-order valence-corrected chi connectivity index (χ1v) is 7.46. The summed E-state index contributed by atoms with van der Waals surface area (Å²) in [5, 5.41) is 0.457. The number of nitrogens with two attached hydrogens (primary N) is 1. The molecule has 0 atom stereocenters. The minimum absolute atomic E-state index is 0.0622. The molecule has 0 spiro atoms. The molecule has 2 aliphatic rings. The summed E-state index contributed by atoms with van der Waals surface area (Å²) in [6, 6.07) is 1.57. The van der Waals surface area contributed by atoms with Crippen molar-refractivity contribution in [1.29, 1.82) is 0 Å². The number of carbonyl (C=O) groups excluding carboxylic acids is 1. The van der Waals surface area contributed by atoms with Gasteiger partial charge < -0.3 is 20.1 Å². The highest BCUT2D eigenvalue weighted by molar-refractivity contribution is 6.33. The van der Waals surface area contributed by atoms with E-state index in [1.54, 1.807) is 6.07 Å². The normalized spacial score (nSPS) is 20.9. The molecule has 7 heteroatoms. The van der Waals surface area contributed by atoms with Gasteiger partial charge in [-0.3, -0.25) is 4.79 Å². The number of pyridine rings is 1. The topological polar surface area (TPSA) is 77.7 Å². The van der Waals surface area contributed by atoms with Crippen LogP contribution in [0.4, 0.5) is 5.82 Å². The van der Waals surface area contributed by atoms with Gasteiger partial charge in [0.25, 0.3) is 0 Å². The molecule has 0 unspecified atom stereocenters. The molecule has 1 aromatic heterocycles. The van der Waals surface area contributed by atoms with Crippen LogP contribution in [0.2, 0.25) is 5.02 Å². The first-order valence-electron chi connectivity index (χ1n) is 7.08. The molecule has 0 saturated carbocycles. The smallest absolute Gasteiger partial charge is 0.250 e. The summed E-state index contributed by atoms with van der Waals surface area (Å²) in [6.07, 6.45) is 3.35. The fraction of sp³-hybridized carbons (Fsp3) is 0.571. The number of hydrogen-bond acceptors (Lipinski definition) is 5. The zero-order chi connectivity index (χ0) is 14.8. The average molecular weight is 312 g/mol. The average Bonchev–Trinajstić information content (AvgIpc) is 3.01. The van der Waals surface area contributed by atoms with E-state index >= 15 is 0 Å². The molecule has 2 N–H and O–H groups in total. The first kappa shape index (κ1) is 14.6. The van der Waals surface area contributed by atoms with Gasteiger partial charge in [-0.05, 0) is 18.9 Å². The van der Waals surface area contributed by atoms with Crippen molar-refractivity contribution in [3.63, 3.8) is 0 Å². The van der Waals surface area contributed by atoms with Crippen molar-refractivity contribution in [1.82, 2.24) is 4.98 Å². The van der Waals surface area contributed by atoms with Gasteiger partial charge in [-0.1, -0.05) is 11.6 Å². The second kappa shape index (κ2) is 6.17. The van der Waals surface area contributed by atoms with E-state index in [-0.39, 0.29) is 6.29 Å². The molecule has 2 aliphatic heterocycles. The van der Waals surface area contributed by atoms with Crippen molar-refractivity contribution in [2.24, 2.45) is 11.7 Å². The van der Waals surface area contributed by atoms with Crippen LogP contribution in [0.3, 0.4) is 0 Å². The lowest BCUT2D eigenvalue weighted by molar-refractivity contribution is -0.0889. The lowest BCUT2D eigenvalue weighted by Gasteiger charge is -2.34. The molecular formula is C14H18ClN3O3. The summed E-state index contributed by atoms with van der Waals surface area (Å²) < 4.78 is 11.1. The summed E-state index contributed by atoms with van der Waals surface area (Å²) in [6.45, 7) is 3.06. The molecule has 0 bridgehead atoms. The maximum absolute atomic E-state index is 11.1. The number of anilines is 1. The van der Waals surface area contributed by atoms with Gasteiger partial charge in [-0.25, -0.2) is 4.98 Å². The molecule has 0 aliphatic carbocycles. The van der Waals surface area contributed by atoms with E-state index in [1.807, 2.05) is 0 Å². The molecule has 0 aromatic carbocycles. The van der Waals surface area contributed by atoms with Gasteiger partial charge in [0, 0.05) is 25.2 Å². The molecule has 3 rings (SSSR count). The van der Waals surface area contributed by atoms with E-state index in [2.05, 4.69) is 9.88 Å². The molecule has 1 aromatic rings.